The Balaban J connectivity index is 2.06. The molecule has 20 heavy (non-hydrogen) atoms. The number of nitrogens with one attached hydrogen (secondary N) is 1. The predicted molar refractivity (Wildman–Crippen MR) is 85.0 cm³/mol. The summed E-state index contributed by atoms with van der Waals surface area (Å²) in [4.78, 5) is 0. The van der Waals surface area contributed by atoms with Crippen LogP contribution in [0.2, 0.25) is 0 Å². The first-order chi connectivity index (χ1) is 9.59. The third-order valence-electron chi connectivity index (χ3n) is 5.16. The number of rotatable bonds is 7. The summed E-state index contributed by atoms with van der Waals surface area (Å²) in [6, 6.07) is 3.27. The maximum atomic E-state index is 4.78. The predicted octanol–water partition coefficient (Wildman–Crippen LogP) is 3.96. The van der Waals surface area contributed by atoms with Crippen molar-refractivity contribution in [2.45, 2.75) is 78.3 Å². The third kappa shape index (κ3) is 3.43. The number of likely N-dealkylation sites (N-methyl/N-ethyl adjacent to an activating group) is 1. The average molecular weight is 277 g/mol. The number of hydrogen-bond donors (Lipinski definition) is 1. The van der Waals surface area contributed by atoms with Crippen LogP contribution in [0.5, 0.6) is 0 Å². The second-order valence-corrected chi connectivity index (χ2v) is 6.72. The van der Waals surface area contributed by atoms with Crippen LogP contribution in [-0.2, 0) is 6.42 Å². The fourth-order valence-corrected chi connectivity index (χ4v) is 3.47. The molecule has 2 atom stereocenters. The summed E-state index contributed by atoms with van der Waals surface area (Å²) in [5.41, 5.74) is 1.69. The Bertz CT molecular complexity index is 404. The van der Waals surface area contributed by atoms with Crippen LogP contribution >= 0.6 is 0 Å². The van der Waals surface area contributed by atoms with Gasteiger partial charge in [-0.15, -0.1) is 0 Å². The molecule has 3 heteroatoms. The minimum absolute atomic E-state index is 0.455. The second-order valence-electron chi connectivity index (χ2n) is 6.72. The van der Waals surface area contributed by atoms with Gasteiger partial charge in [-0.05, 0) is 44.2 Å². The highest BCUT2D eigenvalue weighted by molar-refractivity contribution is 5.05. The first kappa shape index (κ1) is 15.6. The Morgan fingerprint density at radius 3 is 2.65 bits per heavy atom. The van der Waals surface area contributed by atoms with E-state index in [2.05, 4.69) is 50.0 Å². The molecule has 114 valence electrons. The molecule has 2 unspecified atom stereocenters. The zero-order chi connectivity index (χ0) is 14.6. The lowest BCUT2D eigenvalue weighted by molar-refractivity contribution is 0.220. The first-order valence-corrected chi connectivity index (χ1v) is 8.36. The van der Waals surface area contributed by atoms with E-state index in [1.54, 1.807) is 0 Å². The first-order valence-electron chi connectivity index (χ1n) is 8.36. The van der Waals surface area contributed by atoms with Crippen LogP contribution in [0.25, 0.3) is 0 Å². The minimum atomic E-state index is 0.455. The van der Waals surface area contributed by atoms with E-state index < -0.39 is 0 Å². The van der Waals surface area contributed by atoms with Crippen LogP contribution in [-0.4, -0.2) is 22.4 Å². The number of nitrogens with zero attached hydrogens (tertiary/aromatic N) is 2. The quantitative estimate of drug-likeness (QED) is 0.817. The fourth-order valence-electron chi connectivity index (χ4n) is 3.47. The van der Waals surface area contributed by atoms with Crippen molar-refractivity contribution in [3.8, 4) is 0 Å². The zero-order valence-electron chi connectivity index (χ0n) is 13.7. The Morgan fingerprint density at radius 2 is 2.05 bits per heavy atom. The fraction of sp³-hybridized carbons (Fsp3) is 0.824. The molecule has 3 nitrogen and oxygen atoms in total. The molecule has 1 aliphatic carbocycles. The van der Waals surface area contributed by atoms with Gasteiger partial charge in [0.2, 0.25) is 0 Å². The molecule has 0 amide bonds. The van der Waals surface area contributed by atoms with Gasteiger partial charge in [0, 0.05) is 24.7 Å². The second kappa shape index (κ2) is 6.75. The van der Waals surface area contributed by atoms with Gasteiger partial charge in [-0.1, -0.05) is 33.6 Å². The van der Waals surface area contributed by atoms with Crippen molar-refractivity contribution in [2.24, 2.45) is 5.41 Å². The Labute approximate surface area is 124 Å². The van der Waals surface area contributed by atoms with Crippen LogP contribution in [0.4, 0.5) is 0 Å². The number of hydrogen-bond acceptors (Lipinski definition) is 2. The molecule has 0 aromatic carbocycles. The molecular formula is C17H31N3. The molecule has 0 spiro atoms. The monoisotopic (exact) mass is 277 g/mol. The summed E-state index contributed by atoms with van der Waals surface area (Å²) in [5, 5.41) is 8.50. The molecule has 1 aromatic rings. The van der Waals surface area contributed by atoms with E-state index in [1.165, 1.54) is 31.4 Å². The van der Waals surface area contributed by atoms with E-state index >= 15 is 0 Å². The summed E-state index contributed by atoms with van der Waals surface area (Å²) in [6.45, 7) is 10.2. The van der Waals surface area contributed by atoms with Gasteiger partial charge in [0.1, 0.15) is 0 Å². The van der Waals surface area contributed by atoms with E-state index in [4.69, 9.17) is 5.10 Å². The lowest BCUT2D eigenvalue weighted by atomic mass is 9.78. The van der Waals surface area contributed by atoms with Gasteiger partial charge < -0.3 is 5.32 Å². The summed E-state index contributed by atoms with van der Waals surface area (Å²) >= 11 is 0. The van der Waals surface area contributed by atoms with Crippen molar-refractivity contribution in [1.29, 1.82) is 0 Å². The van der Waals surface area contributed by atoms with E-state index in [1.807, 2.05) is 0 Å². The van der Waals surface area contributed by atoms with Crippen molar-refractivity contribution in [3.05, 3.63) is 18.0 Å². The van der Waals surface area contributed by atoms with E-state index in [0.29, 0.717) is 17.5 Å². The van der Waals surface area contributed by atoms with E-state index in [-0.39, 0.29) is 0 Å². The van der Waals surface area contributed by atoms with Gasteiger partial charge in [0.05, 0.1) is 5.69 Å². The van der Waals surface area contributed by atoms with Gasteiger partial charge in [-0.3, -0.25) is 4.68 Å². The highest BCUT2D eigenvalue weighted by atomic mass is 15.3. The highest BCUT2D eigenvalue weighted by Gasteiger charge is 2.36. The largest absolute Gasteiger partial charge is 0.313 e. The van der Waals surface area contributed by atoms with Gasteiger partial charge in [0.25, 0.3) is 0 Å². The molecule has 0 aliphatic heterocycles. The maximum absolute atomic E-state index is 4.78. The summed E-state index contributed by atoms with van der Waals surface area (Å²) < 4.78 is 2.12. The SMILES string of the molecule is CCNC(Cc1ccn(C(C)CC)n1)C1(C)CCCC1. The van der Waals surface area contributed by atoms with Crippen LogP contribution in [0.1, 0.15) is 71.5 Å². The third-order valence-corrected chi connectivity index (χ3v) is 5.16. The molecular weight excluding hydrogens is 246 g/mol. The van der Waals surface area contributed by atoms with Crippen molar-refractivity contribution >= 4 is 0 Å². The molecule has 1 saturated carbocycles. The molecule has 2 rings (SSSR count). The Kier molecular flexibility index (Phi) is 5.25. The number of aromatic nitrogens is 2. The van der Waals surface area contributed by atoms with Crippen LogP contribution < -0.4 is 5.32 Å². The summed E-state index contributed by atoms with van der Waals surface area (Å²) in [7, 11) is 0. The molecule has 1 fully saturated rings. The summed E-state index contributed by atoms with van der Waals surface area (Å²) in [5.74, 6) is 0. The molecule has 0 saturated heterocycles. The van der Waals surface area contributed by atoms with Crippen molar-refractivity contribution in [2.75, 3.05) is 6.54 Å². The average Bonchev–Trinajstić information content (AvgIpc) is 3.07. The topological polar surface area (TPSA) is 29.9 Å². The van der Waals surface area contributed by atoms with Crippen LogP contribution in [0.15, 0.2) is 12.3 Å². The van der Waals surface area contributed by atoms with Gasteiger partial charge in [0.15, 0.2) is 0 Å². The van der Waals surface area contributed by atoms with Gasteiger partial charge in [-0.2, -0.15) is 5.10 Å². The smallest absolute Gasteiger partial charge is 0.0640 e. The maximum Gasteiger partial charge on any atom is 0.0640 e. The Hall–Kier alpha value is -0.830. The summed E-state index contributed by atoms with van der Waals surface area (Å²) in [6.07, 6.45) is 9.83. The van der Waals surface area contributed by atoms with Gasteiger partial charge in [-0.25, -0.2) is 0 Å². The lowest BCUT2D eigenvalue weighted by Gasteiger charge is -2.34. The highest BCUT2D eigenvalue weighted by Crippen LogP contribution is 2.41. The Morgan fingerprint density at radius 1 is 1.35 bits per heavy atom. The van der Waals surface area contributed by atoms with Crippen LogP contribution in [0.3, 0.4) is 0 Å². The van der Waals surface area contributed by atoms with Crippen LogP contribution in [0, 0.1) is 5.41 Å². The molecule has 0 radical (unpaired) electrons. The standard InChI is InChI=1S/C17H31N3/c1-5-14(3)20-12-9-15(19-20)13-16(18-6-2)17(4)10-7-8-11-17/h9,12,14,16,18H,5-8,10-11,13H2,1-4H3. The molecule has 1 aliphatic rings. The molecule has 1 N–H and O–H groups in total. The van der Waals surface area contributed by atoms with E-state index in [9.17, 15) is 0 Å². The normalized spacial score (nSPS) is 21.0. The van der Waals surface area contributed by atoms with Crippen molar-refractivity contribution in [1.82, 2.24) is 15.1 Å². The minimum Gasteiger partial charge on any atom is -0.313 e. The molecule has 1 aromatic heterocycles. The molecule has 1 heterocycles. The van der Waals surface area contributed by atoms with Gasteiger partial charge >= 0.3 is 0 Å². The zero-order valence-corrected chi connectivity index (χ0v) is 13.7. The lowest BCUT2D eigenvalue weighted by Crippen LogP contribution is -2.43. The molecule has 0 bridgehead atoms. The van der Waals surface area contributed by atoms with Crippen molar-refractivity contribution in [3.63, 3.8) is 0 Å². The van der Waals surface area contributed by atoms with Crippen molar-refractivity contribution < 1.29 is 0 Å². The van der Waals surface area contributed by atoms with E-state index in [0.717, 1.165) is 19.4 Å².